The van der Waals surface area contributed by atoms with Crippen LogP contribution >= 0.6 is 11.3 Å². The maximum Gasteiger partial charge on any atom is 0.242 e. The molecule has 162 valence electrons. The van der Waals surface area contributed by atoms with Crippen molar-refractivity contribution in [3.05, 3.63) is 70.4 Å². The number of rotatable bonds is 7. The quantitative estimate of drug-likeness (QED) is 0.562. The summed E-state index contributed by atoms with van der Waals surface area (Å²) in [6, 6.07) is 5.75. The molecule has 1 atom stereocenters. The van der Waals surface area contributed by atoms with Crippen molar-refractivity contribution in [1.29, 1.82) is 0 Å². The molecule has 3 aromatic heterocycles. The molecule has 0 saturated carbocycles. The maximum atomic E-state index is 13.0. The van der Waals surface area contributed by atoms with E-state index in [2.05, 4.69) is 10.1 Å². The predicted octanol–water partition coefficient (Wildman–Crippen LogP) is 1.88. The molecule has 0 spiro atoms. The Morgan fingerprint density at radius 3 is 2.84 bits per heavy atom. The molecule has 0 aliphatic carbocycles. The van der Waals surface area contributed by atoms with Gasteiger partial charge in [0, 0.05) is 50.8 Å². The van der Waals surface area contributed by atoms with Gasteiger partial charge in [0.1, 0.15) is 0 Å². The number of carbonyl (C=O) groups excluding carboxylic acids is 2. The number of thiophene rings is 1. The monoisotopic (exact) mass is 439 g/mol. The van der Waals surface area contributed by atoms with Crippen LogP contribution in [-0.4, -0.2) is 62.1 Å². The number of aryl methyl sites for hydroxylation is 1. The standard InChI is InChI=1S/C22H25N5O3S/c1-25-10-19(9-24-25)11-26-12-20(30-15-18-3-2-5-23-8-18)13-27(14-22(26)29)21(28)7-17-4-6-31-16-17/h2-6,8-10,16,20H,7,11-15H2,1H3/t20-/m1/s1. The maximum absolute atomic E-state index is 13.0. The van der Waals surface area contributed by atoms with E-state index in [4.69, 9.17) is 4.74 Å². The van der Waals surface area contributed by atoms with E-state index in [1.807, 2.05) is 42.2 Å². The zero-order valence-electron chi connectivity index (χ0n) is 17.4. The van der Waals surface area contributed by atoms with Crippen molar-refractivity contribution >= 4 is 23.2 Å². The van der Waals surface area contributed by atoms with E-state index in [0.717, 1.165) is 16.7 Å². The third-order valence-electron chi connectivity index (χ3n) is 5.16. The van der Waals surface area contributed by atoms with Crippen LogP contribution in [-0.2, 0) is 40.9 Å². The van der Waals surface area contributed by atoms with Crippen molar-refractivity contribution in [3.8, 4) is 0 Å². The number of nitrogens with zero attached hydrogens (tertiary/aromatic N) is 5. The molecule has 2 amide bonds. The van der Waals surface area contributed by atoms with Gasteiger partial charge in [-0.05, 0) is 34.0 Å². The van der Waals surface area contributed by atoms with E-state index in [1.54, 1.807) is 44.4 Å². The lowest BCUT2D eigenvalue weighted by atomic mass is 10.2. The van der Waals surface area contributed by atoms with Gasteiger partial charge in [0.2, 0.25) is 11.8 Å². The Morgan fingerprint density at radius 1 is 1.23 bits per heavy atom. The van der Waals surface area contributed by atoms with E-state index < -0.39 is 0 Å². The Morgan fingerprint density at radius 2 is 2.13 bits per heavy atom. The summed E-state index contributed by atoms with van der Waals surface area (Å²) in [5.41, 5.74) is 2.86. The minimum atomic E-state index is -0.297. The van der Waals surface area contributed by atoms with E-state index in [0.29, 0.717) is 26.2 Å². The highest BCUT2D eigenvalue weighted by Crippen LogP contribution is 2.16. The molecular weight excluding hydrogens is 414 g/mol. The lowest BCUT2D eigenvalue weighted by Gasteiger charge is -2.24. The molecule has 9 heteroatoms. The van der Waals surface area contributed by atoms with Gasteiger partial charge in [-0.3, -0.25) is 19.3 Å². The Kier molecular flexibility index (Phi) is 6.73. The van der Waals surface area contributed by atoms with Crippen LogP contribution in [0.25, 0.3) is 0 Å². The summed E-state index contributed by atoms with van der Waals surface area (Å²) >= 11 is 1.56. The van der Waals surface area contributed by atoms with Crippen LogP contribution in [0.2, 0.25) is 0 Å². The van der Waals surface area contributed by atoms with Gasteiger partial charge < -0.3 is 14.5 Å². The number of carbonyl (C=O) groups is 2. The van der Waals surface area contributed by atoms with Crippen LogP contribution in [0, 0.1) is 0 Å². The molecule has 1 aliphatic rings. The van der Waals surface area contributed by atoms with Crippen LogP contribution in [0.4, 0.5) is 0 Å². The van der Waals surface area contributed by atoms with Crippen LogP contribution in [0.15, 0.2) is 53.7 Å². The molecule has 0 radical (unpaired) electrons. The molecule has 1 aliphatic heterocycles. The molecule has 0 bridgehead atoms. The van der Waals surface area contributed by atoms with Crippen LogP contribution in [0.3, 0.4) is 0 Å². The third-order valence-corrected chi connectivity index (χ3v) is 5.89. The first kappa shape index (κ1) is 21.2. The highest BCUT2D eigenvalue weighted by atomic mass is 32.1. The fourth-order valence-electron chi connectivity index (χ4n) is 3.58. The fourth-order valence-corrected chi connectivity index (χ4v) is 4.25. The molecule has 1 saturated heterocycles. The van der Waals surface area contributed by atoms with Gasteiger partial charge in [-0.25, -0.2) is 0 Å². The second-order valence-electron chi connectivity index (χ2n) is 7.67. The number of hydrogen-bond acceptors (Lipinski definition) is 6. The number of hydrogen-bond donors (Lipinski definition) is 0. The van der Waals surface area contributed by atoms with Crippen LogP contribution < -0.4 is 0 Å². The first-order valence-electron chi connectivity index (χ1n) is 10.1. The molecular formula is C22H25N5O3S. The summed E-state index contributed by atoms with van der Waals surface area (Å²) < 4.78 is 7.85. The number of pyridine rings is 1. The molecule has 31 heavy (non-hydrogen) atoms. The van der Waals surface area contributed by atoms with Crippen molar-refractivity contribution < 1.29 is 14.3 Å². The molecule has 1 fully saturated rings. The number of amides is 2. The summed E-state index contributed by atoms with van der Waals surface area (Å²) in [6.07, 6.45) is 7.11. The van der Waals surface area contributed by atoms with Crippen molar-refractivity contribution in [2.45, 2.75) is 25.7 Å². The summed E-state index contributed by atoms with van der Waals surface area (Å²) in [6.45, 7) is 1.65. The minimum Gasteiger partial charge on any atom is -0.370 e. The molecule has 4 rings (SSSR count). The molecule has 0 unspecified atom stereocenters. The van der Waals surface area contributed by atoms with Crippen molar-refractivity contribution in [1.82, 2.24) is 24.6 Å². The topological polar surface area (TPSA) is 80.6 Å². The van der Waals surface area contributed by atoms with Crippen molar-refractivity contribution in [3.63, 3.8) is 0 Å². The average Bonchev–Trinajstić information content (AvgIpc) is 3.39. The molecule has 0 aromatic carbocycles. The molecule has 4 heterocycles. The van der Waals surface area contributed by atoms with Gasteiger partial charge >= 0.3 is 0 Å². The van der Waals surface area contributed by atoms with Crippen LogP contribution in [0.1, 0.15) is 16.7 Å². The van der Waals surface area contributed by atoms with Crippen molar-refractivity contribution in [2.24, 2.45) is 7.05 Å². The van der Waals surface area contributed by atoms with Gasteiger partial charge in [0.25, 0.3) is 0 Å². The van der Waals surface area contributed by atoms with Crippen molar-refractivity contribution in [2.75, 3.05) is 19.6 Å². The molecule has 3 aromatic rings. The van der Waals surface area contributed by atoms with Gasteiger partial charge in [-0.15, -0.1) is 0 Å². The van der Waals surface area contributed by atoms with Gasteiger partial charge in [-0.2, -0.15) is 16.4 Å². The van der Waals surface area contributed by atoms with E-state index >= 15 is 0 Å². The second kappa shape index (κ2) is 9.84. The Balaban J connectivity index is 1.48. The molecule has 0 N–H and O–H groups in total. The number of aromatic nitrogens is 3. The van der Waals surface area contributed by atoms with E-state index in [-0.39, 0.29) is 30.9 Å². The normalized spacial score (nSPS) is 17.1. The van der Waals surface area contributed by atoms with E-state index in [9.17, 15) is 9.59 Å². The summed E-state index contributed by atoms with van der Waals surface area (Å²) in [4.78, 5) is 33.4. The second-order valence-corrected chi connectivity index (χ2v) is 8.45. The SMILES string of the molecule is Cn1cc(CN2C[C@@H](OCc3cccnc3)CN(C(=O)Cc3ccsc3)CC2=O)cn1. The number of ether oxygens (including phenoxy) is 1. The zero-order valence-corrected chi connectivity index (χ0v) is 18.2. The highest BCUT2D eigenvalue weighted by molar-refractivity contribution is 7.08. The largest absolute Gasteiger partial charge is 0.370 e. The third kappa shape index (κ3) is 5.77. The fraction of sp³-hybridized carbons (Fsp3) is 0.364. The first-order valence-corrected chi connectivity index (χ1v) is 11.1. The lowest BCUT2D eigenvalue weighted by Crippen LogP contribution is -2.40. The smallest absolute Gasteiger partial charge is 0.242 e. The summed E-state index contributed by atoms with van der Waals surface area (Å²) in [5, 5.41) is 8.10. The first-order chi connectivity index (χ1) is 15.1. The Hall–Kier alpha value is -3.04. The molecule has 8 nitrogen and oxygen atoms in total. The van der Waals surface area contributed by atoms with Gasteiger partial charge in [0.05, 0.1) is 31.9 Å². The average molecular weight is 440 g/mol. The highest BCUT2D eigenvalue weighted by Gasteiger charge is 2.31. The summed E-state index contributed by atoms with van der Waals surface area (Å²) in [7, 11) is 1.85. The Bertz CT molecular complexity index is 1010. The summed E-state index contributed by atoms with van der Waals surface area (Å²) in [5.74, 6) is -0.153. The van der Waals surface area contributed by atoms with Crippen LogP contribution in [0.5, 0.6) is 0 Å². The zero-order chi connectivity index (χ0) is 21.6. The lowest BCUT2D eigenvalue weighted by molar-refractivity contribution is -0.138. The van der Waals surface area contributed by atoms with Gasteiger partial charge in [0.15, 0.2) is 0 Å². The minimum absolute atomic E-state index is 0.0516. The van der Waals surface area contributed by atoms with Gasteiger partial charge in [-0.1, -0.05) is 6.07 Å². The predicted molar refractivity (Wildman–Crippen MR) is 116 cm³/mol. The Labute approximate surface area is 185 Å². The van der Waals surface area contributed by atoms with E-state index in [1.165, 1.54) is 0 Å².